The zero-order valence-electron chi connectivity index (χ0n) is 23.7. The summed E-state index contributed by atoms with van der Waals surface area (Å²) in [4.78, 5) is 28.3. The Kier molecular flexibility index (Phi) is 11.1. The lowest BCUT2D eigenvalue weighted by atomic mass is 10.1. The van der Waals surface area contributed by atoms with Crippen LogP contribution in [0.15, 0.2) is 83.8 Å². The average Bonchev–Trinajstić information content (AvgIpc) is 2.96. The first-order valence-corrected chi connectivity index (χ1v) is 15.0. The Bertz CT molecular complexity index is 1340. The van der Waals surface area contributed by atoms with Gasteiger partial charge in [-0.1, -0.05) is 55.0 Å². The van der Waals surface area contributed by atoms with Gasteiger partial charge in [-0.15, -0.1) is 0 Å². The molecule has 0 fully saturated rings. The van der Waals surface area contributed by atoms with Crippen molar-refractivity contribution in [1.29, 1.82) is 0 Å². The van der Waals surface area contributed by atoms with Gasteiger partial charge in [-0.05, 0) is 75.6 Å². The maximum Gasteiger partial charge on any atom is 0.264 e. The summed E-state index contributed by atoms with van der Waals surface area (Å²) in [7, 11) is -4.11. The van der Waals surface area contributed by atoms with Crippen LogP contribution in [0.25, 0.3) is 0 Å². The highest BCUT2D eigenvalue weighted by atomic mass is 32.2. The van der Waals surface area contributed by atoms with Gasteiger partial charge >= 0.3 is 0 Å². The zero-order chi connectivity index (χ0) is 29.1. The Morgan fingerprint density at radius 2 is 1.57 bits per heavy atom. The van der Waals surface area contributed by atoms with Crippen molar-refractivity contribution in [1.82, 2.24) is 10.2 Å². The monoisotopic (exact) mass is 565 g/mol. The van der Waals surface area contributed by atoms with Crippen molar-refractivity contribution >= 4 is 27.5 Å². The van der Waals surface area contributed by atoms with E-state index in [0.717, 1.165) is 21.9 Å². The van der Waals surface area contributed by atoms with Gasteiger partial charge in [0.05, 0.1) is 17.2 Å². The van der Waals surface area contributed by atoms with Crippen LogP contribution in [-0.2, 0) is 26.0 Å². The Hall–Kier alpha value is -3.85. The molecule has 1 atom stereocenters. The maximum atomic E-state index is 13.9. The van der Waals surface area contributed by atoms with E-state index in [-0.39, 0.29) is 17.3 Å². The second-order valence-corrected chi connectivity index (χ2v) is 11.4. The summed E-state index contributed by atoms with van der Waals surface area (Å²) in [6.45, 7) is 8.11. The normalized spacial score (nSPS) is 11.9. The molecule has 0 bridgehead atoms. The number of hydrogen-bond donors (Lipinski definition) is 1. The molecule has 0 unspecified atom stereocenters. The first-order chi connectivity index (χ1) is 19.2. The molecular formula is C31H39N3O5S. The van der Waals surface area contributed by atoms with Crippen molar-refractivity contribution in [3.63, 3.8) is 0 Å². The van der Waals surface area contributed by atoms with E-state index in [1.165, 1.54) is 17.0 Å². The van der Waals surface area contributed by atoms with E-state index < -0.39 is 28.5 Å². The molecule has 0 radical (unpaired) electrons. The minimum absolute atomic E-state index is 0.0735. The number of nitrogens with zero attached hydrogens (tertiary/aromatic N) is 2. The second-order valence-electron chi connectivity index (χ2n) is 9.54. The molecule has 3 aromatic rings. The average molecular weight is 566 g/mol. The molecule has 0 spiro atoms. The molecule has 2 amide bonds. The van der Waals surface area contributed by atoms with Crippen molar-refractivity contribution in [3.05, 3.63) is 90.0 Å². The molecule has 0 aliphatic carbocycles. The Morgan fingerprint density at radius 1 is 0.925 bits per heavy atom. The molecule has 0 aliphatic rings. The quantitative estimate of drug-likeness (QED) is 0.309. The van der Waals surface area contributed by atoms with E-state index in [1.54, 1.807) is 43.3 Å². The highest BCUT2D eigenvalue weighted by Gasteiger charge is 2.32. The summed E-state index contributed by atoms with van der Waals surface area (Å²) >= 11 is 0. The van der Waals surface area contributed by atoms with Crippen LogP contribution in [-0.4, -0.2) is 57.4 Å². The van der Waals surface area contributed by atoms with E-state index in [9.17, 15) is 18.0 Å². The molecule has 40 heavy (non-hydrogen) atoms. The van der Waals surface area contributed by atoms with Crippen molar-refractivity contribution in [2.24, 2.45) is 0 Å². The number of benzene rings is 3. The lowest BCUT2D eigenvalue weighted by molar-refractivity contribution is -0.138. The van der Waals surface area contributed by atoms with E-state index in [2.05, 4.69) is 5.32 Å². The smallest absolute Gasteiger partial charge is 0.264 e. The van der Waals surface area contributed by atoms with Crippen molar-refractivity contribution in [2.45, 2.75) is 51.5 Å². The molecule has 0 saturated heterocycles. The van der Waals surface area contributed by atoms with Crippen LogP contribution in [0.3, 0.4) is 0 Å². The largest absolute Gasteiger partial charge is 0.494 e. The third-order valence-corrected chi connectivity index (χ3v) is 8.31. The molecule has 1 N–H and O–H groups in total. The first-order valence-electron chi connectivity index (χ1n) is 13.6. The topological polar surface area (TPSA) is 96.0 Å². The standard InChI is InChI=1S/C31H39N3O5S/c1-5-21-32-31(36)25(4)33(22-20-26-10-8-7-9-11-26)30(35)23-34(27-14-16-28(17-15-27)39-6-2)40(37,38)29-18-12-24(3)13-19-29/h7-19,25H,5-6,20-23H2,1-4H3,(H,32,36)/t25-/m0/s1. The number of sulfonamides is 1. The van der Waals surface area contributed by atoms with Crippen LogP contribution in [0.5, 0.6) is 5.75 Å². The molecule has 3 aromatic carbocycles. The fourth-order valence-electron chi connectivity index (χ4n) is 4.21. The number of carbonyl (C=O) groups is 2. The third kappa shape index (κ3) is 8.08. The van der Waals surface area contributed by atoms with Gasteiger partial charge in [0.15, 0.2) is 0 Å². The van der Waals surface area contributed by atoms with E-state index in [0.29, 0.717) is 31.0 Å². The molecule has 0 heterocycles. The van der Waals surface area contributed by atoms with E-state index >= 15 is 0 Å². The number of hydrogen-bond acceptors (Lipinski definition) is 5. The van der Waals surface area contributed by atoms with Gasteiger partial charge in [-0.3, -0.25) is 13.9 Å². The highest BCUT2D eigenvalue weighted by Crippen LogP contribution is 2.26. The maximum absolute atomic E-state index is 13.9. The van der Waals surface area contributed by atoms with Crippen molar-refractivity contribution in [2.75, 3.05) is 30.5 Å². The lowest BCUT2D eigenvalue weighted by Gasteiger charge is -2.32. The molecule has 0 saturated carbocycles. The SMILES string of the molecule is CCCNC(=O)[C@H](C)N(CCc1ccccc1)C(=O)CN(c1ccc(OCC)cc1)S(=O)(=O)c1ccc(C)cc1. The third-order valence-electron chi connectivity index (χ3n) is 6.52. The van der Waals surface area contributed by atoms with Gasteiger partial charge in [0, 0.05) is 13.1 Å². The van der Waals surface area contributed by atoms with E-state index in [4.69, 9.17) is 4.74 Å². The summed E-state index contributed by atoms with van der Waals surface area (Å²) in [5.41, 5.74) is 2.25. The number of anilines is 1. The van der Waals surface area contributed by atoms with Gasteiger partial charge < -0.3 is 15.0 Å². The molecule has 0 aromatic heterocycles. The van der Waals surface area contributed by atoms with Gasteiger partial charge in [-0.25, -0.2) is 8.42 Å². The molecule has 3 rings (SSSR count). The number of carbonyl (C=O) groups excluding carboxylic acids is 2. The first kappa shape index (κ1) is 30.7. The van der Waals surface area contributed by atoms with Gasteiger partial charge in [0.25, 0.3) is 10.0 Å². The predicted molar refractivity (Wildman–Crippen MR) is 158 cm³/mol. The van der Waals surface area contributed by atoms with Crippen LogP contribution >= 0.6 is 0 Å². The fraction of sp³-hybridized carbons (Fsp3) is 0.355. The summed E-state index contributed by atoms with van der Waals surface area (Å²) in [6, 6.07) is 22.0. The minimum atomic E-state index is -4.11. The fourth-order valence-corrected chi connectivity index (χ4v) is 5.62. The number of nitrogens with one attached hydrogen (secondary N) is 1. The number of aryl methyl sites for hydroxylation is 1. The number of rotatable bonds is 14. The Balaban J connectivity index is 1.97. The van der Waals surface area contributed by atoms with Crippen molar-refractivity contribution in [3.8, 4) is 5.75 Å². The number of amides is 2. The summed E-state index contributed by atoms with van der Waals surface area (Å²) < 4.78 is 34.4. The summed E-state index contributed by atoms with van der Waals surface area (Å²) in [5, 5.41) is 2.85. The van der Waals surface area contributed by atoms with Crippen LogP contribution in [0.1, 0.15) is 38.3 Å². The molecule has 9 heteroatoms. The molecule has 214 valence electrons. The van der Waals surface area contributed by atoms with Gasteiger partial charge in [-0.2, -0.15) is 0 Å². The van der Waals surface area contributed by atoms with Crippen LogP contribution in [0, 0.1) is 6.92 Å². The molecule has 8 nitrogen and oxygen atoms in total. The second kappa shape index (κ2) is 14.5. The molecule has 0 aliphatic heterocycles. The van der Waals surface area contributed by atoms with E-state index in [1.807, 2.05) is 51.1 Å². The number of ether oxygens (including phenoxy) is 1. The van der Waals surface area contributed by atoms with Gasteiger partial charge in [0.1, 0.15) is 18.3 Å². The Labute approximate surface area is 238 Å². The van der Waals surface area contributed by atoms with Crippen LogP contribution < -0.4 is 14.4 Å². The van der Waals surface area contributed by atoms with Gasteiger partial charge in [0.2, 0.25) is 11.8 Å². The molecular weight excluding hydrogens is 526 g/mol. The van der Waals surface area contributed by atoms with Crippen LogP contribution in [0.4, 0.5) is 5.69 Å². The Morgan fingerprint density at radius 3 is 2.17 bits per heavy atom. The zero-order valence-corrected chi connectivity index (χ0v) is 24.5. The van der Waals surface area contributed by atoms with Crippen LogP contribution in [0.2, 0.25) is 0 Å². The highest BCUT2D eigenvalue weighted by molar-refractivity contribution is 7.92. The van der Waals surface area contributed by atoms with Crippen molar-refractivity contribution < 1.29 is 22.7 Å². The lowest BCUT2D eigenvalue weighted by Crippen LogP contribution is -2.52. The minimum Gasteiger partial charge on any atom is -0.494 e. The predicted octanol–water partition coefficient (Wildman–Crippen LogP) is 4.58. The summed E-state index contributed by atoms with van der Waals surface area (Å²) in [5.74, 6) is -0.159. The summed E-state index contributed by atoms with van der Waals surface area (Å²) in [6.07, 6.45) is 1.28.